The molecular formula is C26H29N5O3S. The average molecular weight is 492 g/mol. The van der Waals surface area contributed by atoms with Gasteiger partial charge < -0.3 is 10.2 Å². The number of fused-ring (bicyclic) bond motifs is 5. The quantitative estimate of drug-likeness (QED) is 0.596. The third-order valence-electron chi connectivity index (χ3n) is 8.04. The minimum Gasteiger partial charge on any atom is -0.349 e. The lowest BCUT2D eigenvalue weighted by atomic mass is 9.87. The zero-order chi connectivity index (χ0) is 24.5. The molecule has 3 aromatic rings. The molecule has 1 atom stereocenters. The molecule has 3 aliphatic rings. The molecule has 8 nitrogen and oxygen atoms in total. The summed E-state index contributed by atoms with van der Waals surface area (Å²) in [6, 6.07) is 1.79. The summed E-state index contributed by atoms with van der Waals surface area (Å²) in [5, 5.41) is 4.27. The molecule has 1 spiro atoms. The van der Waals surface area contributed by atoms with E-state index in [0.29, 0.717) is 30.0 Å². The van der Waals surface area contributed by atoms with E-state index >= 15 is 0 Å². The van der Waals surface area contributed by atoms with Crippen LogP contribution in [-0.2, 0) is 23.2 Å². The van der Waals surface area contributed by atoms with Gasteiger partial charge in [0.1, 0.15) is 22.7 Å². The van der Waals surface area contributed by atoms with Gasteiger partial charge in [0.05, 0.1) is 16.6 Å². The van der Waals surface area contributed by atoms with Crippen molar-refractivity contribution in [2.75, 3.05) is 19.4 Å². The zero-order valence-electron chi connectivity index (χ0n) is 20.3. The van der Waals surface area contributed by atoms with Crippen LogP contribution >= 0.6 is 11.3 Å². The third kappa shape index (κ3) is 3.35. The monoisotopic (exact) mass is 491 g/mol. The smallest absolute Gasteiger partial charge is 0.275 e. The Morgan fingerprint density at radius 2 is 2.00 bits per heavy atom. The second-order valence-electron chi connectivity index (χ2n) is 10.5. The van der Waals surface area contributed by atoms with E-state index < -0.39 is 0 Å². The topological polar surface area (TPSA) is 97.2 Å². The van der Waals surface area contributed by atoms with Gasteiger partial charge in [0.25, 0.3) is 5.56 Å². The molecule has 9 heteroatoms. The van der Waals surface area contributed by atoms with Crippen LogP contribution in [0.1, 0.15) is 65.0 Å². The summed E-state index contributed by atoms with van der Waals surface area (Å²) in [5.74, 6) is 0.839. The van der Waals surface area contributed by atoms with Gasteiger partial charge in [-0.3, -0.25) is 19.0 Å². The highest BCUT2D eigenvalue weighted by Gasteiger charge is 2.46. The van der Waals surface area contributed by atoms with Crippen LogP contribution in [0.2, 0.25) is 0 Å². The van der Waals surface area contributed by atoms with Gasteiger partial charge in [-0.15, -0.1) is 11.3 Å². The van der Waals surface area contributed by atoms with E-state index in [1.165, 1.54) is 16.8 Å². The number of carbonyl (C=O) groups is 2. The molecule has 0 saturated heterocycles. The Morgan fingerprint density at radius 3 is 2.74 bits per heavy atom. The molecule has 1 fully saturated rings. The molecule has 3 aromatic heterocycles. The number of carbonyl (C=O) groups excluding carboxylic acids is 2. The average Bonchev–Trinajstić information content (AvgIpc) is 3.52. The van der Waals surface area contributed by atoms with Crippen LogP contribution in [0.3, 0.4) is 0 Å². The van der Waals surface area contributed by atoms with Crippen LogP contribution in [0.15, 0.2) is 17.2 Å². The standard InChI is InChI=1S/C26H29N5O3S/c1-14-10-17(25(34)31-21(14)18(32)12-26(31)8-4-5-9-26)29-22-20-16-7-6-15(24(33)30(2)3)11-19(16)35-23(20)28-13-27-22/h10,13,15H,4-9,11-12H2,1-3H3,(H,27,28,29)/t15-/m0/s1. The number of rotatable bonds is 3. The number of Topliss-reactive ketones (excluding diaryl/α,β-unsaturated/α-hetero) is 1. The number of ketones is 1. The molecule has 1 saturated carbocycles. The van der Waals surface area contributed by atoms with Crippen LogP contribution in [0, 0.1) is 12.8 Å². The number of hydrogen-bond donors (Lipinski definition) is 1. The first-order chi connectivity index (χ1) is 16.8. The fourth-order valence-electron chi connectivity index (χ4n) is 6.44. The van der Waals surface area contributed by atoms with Gasteiger partial charge in [0.2, 0.25) is 5.91 Å². The minimum atomic E-state index is -0.373. The summed E-state index contributed by atoms with van der Waals surface area (Å²) in [5.41, 5.74) is 2.50. The third-order valence-corrected chi connectivity index (χ3v) is 9.20. The fourth-order valence-corrected chi connectivity index (χ4v) is 7.70. The Balaban J connectivity index is 1.42. The first-order valence-corrected chi connectivity index (χ1v) is 13.1. The lowest BCUT2D eigenvalue weighted by molar-refractivity contribution is -0.133. The number of thiophene rings is 1. The lowest BCUT2D eigenvalue weighted by Crippen LogP contribution is -2.37. The van der Waals surface area contributed by atoms with Crippen molar-refractivity contribution < 1.29 is 9.59 Å². The number of aryl methyl sites for hydroxylation is 2. The van der Waals surface area contributed by atoms with Gasteiger partial charge in [0.15, 0.2) is 5.78 Å². The molecule has 0 unspecified atom stereocenters. The van der Waals surface area contributed by atoms with Crippen molar-refractivity contribution >= 4 is 44.7 Å². The van der Waals surface area contributed by atoms with Crippen molar-refractivity contribution in [1.82, 2.24) is 19.4 Å². The number of pyridine rings is 1. The second-order valence-corrected chi connectivity index (χ2v) is 11.5. The first kappa shape index (κ1) is 22.4. The van der Waals surface area contributed by atoms with E-state index in [1.807, 2.05) is 6.92 Å². The van der Waals surface area contributed by atoms with E-state index in [2.05, 4.69) is 15.3 Å². The van der Waals surface area contributed by atoms with Crippen molar-refractivity contribution in [3.05, 3.63) is 44.4 Å². The number of hydrogen-bond acceptors (Lipinski definition) is 7. The van der Waals surface area contributed by atoms with Crippen molar-refractivity contribution in [3.63, 3.8) is 0 Å². The molecule has 0 bridgehead atoms. The lowest BCUT2D eigenvalue weighted by Gasteiger charge is -2.26. The SMILES string of the molecule is Cc1cc(Nc2ncnc3sc4c(c23)CC[C@H](C(=O)N(C)C)C4)c(=O)n2c1C(=O)CC21CCCC1. The van der Waals surface area contributed by atoms with E-state index in [-0.39, 0.29) is 28.7 Å². The molecule has 1 N–H and O–H groups in total. The van der Waals surface area contributed by atoms with Gasteiger partial charge >= 0.3 is 0 Å². The van der Waals surface area contributed by atoms with Crippen molar-refractivity contribution in [2.45, 2.75) is 63.8 Å². The van der Waals surface area contributed by atoms with Crippen LogP contribution < -0.4 is 10.9 Å². The summed E-state index contributed by atoms with van der Waals surface area (Å²) in [4.78, 5) is 51.9. The normalized spacial score (nSPS) is 20.3. The molecule has 4 heterocycles. The summed E-state index contributed by atoms with van der Waals surface area (Å²) in [7, 11) is 3.60. The number of nitrogens with one attached hydrogen (secondary N) is 1. The summed E-state index contributed by atoms with van der Waals surface area (Å²) < 4.78 is 1.79. The van der Waals surface area contributed by atoms with E-state index in [0.717, 1.165) is 54.3 Å². The highest BCUT2D eigenvalue weighted by atomic mass is 32.1. The van der Waals surface area contributed by atoms with Gasteiger partial charge in [-0.2, -0.15) is 0 Å². The zero-order valence-corrected chi connectivity index (χ0v) is 21.1. The maximum Gasteiger partial charge on any atom is 0.275 e. The predicted octanol–water partition coefficient (Wildman–Crippen LogP) is 3.95. The molecule has 1 amide bonds. The Hall–Kier alpha value is -3.07. The van der Waals surface area contributed by atoms with Gasteiger partial charge in [-0.25, -0.2) is 9.97 Å². The minimum absolute atomic E-state index is 0.0147. The Kier molecular flexibility index (Phi) is 5.11. The molecule has 0 radical (unpaired) electrons. The van der Waals surface area contributed by atoms with Gasteiger partial charge in [-0.05, 0) is 56.2 Å². The highest BCUT2D eigenvalue weighted by Crippen LogP contribution is 2.45. The molecule has 35 heavy (non-hydrogen) atoms. The van der Waals surface area contributed by atoms with Gasteiger partial charge in [0, 0.05) is 31.3 Å². The molecular weight excluding hydrogens is 462 g/mol. The van der Waals surface area contributed by atoms with Crippen LogP contribution in [-0.4, -0.2) is 45.2 Å². The van der Waals surface area contributed by atoms with Gasteiger partial charge in [-0.1, -0.05) is 12.8 Å². The second kappa shape index (κ2) is 7.98. The number of anilines is 2. The summed E-state index contributed by atoms with van der Waals surface area (Å²) in [6.07, 6.45) is 8.05. The summed E-state index contributed by atoms with van der Waals surface area (Å²) >= 11 is 1.61. The van der Waals surface area contributed by atoms with Crippen molar-refractivity contribution in [3.8, 4) is 0 Å². The maximum atomic E-state index is 13.7. The van der Waals surface area contributed by atoms with E-state index in [1.54, 1.807) is 41.0 Å². The van der Waals surface area contributed by atoms with Crippen LogP contribution in [0.25, 0.3) is 10.2 Å². The first-order valence-electron chi connectivity index (χ1n) is 12.3. The predicted molar refractivity (Wildman–Crippen MR) is 136 cm³/mol. The largest absolute Gasteiger partial charge is 0.349 e. The van der Waals surface area contributed by atoms with Crippen LogP contribution in [0.5, 0.6) is 0 Å². The number of amides is 1. The Morgan fingerprint density at radius 1 is 1.23 bits per heavy atom. The molecule has 0 aromatic carbocycles. The molecule has 2 aliphatic carbocycles. The maximum absolute atomic E-state index is 13.7. The highest BCUT2D eigenvalue weighted by molar-refractivity contribution is 7.19. The molecule has 182 valence electrons. The Labute approximate surface area is 207 Å². The van der Waals surface area contributed by atoms with Crippen LogP contribution in [0.4, 0.5) is 11.5 Å². The van der Waals surface area contributed by atoms with Crippen molar-refractivity contribution in [1.29, 1.82) is 0 Å². The number of aromatic nitrogens is 3. The summed E-state index contributed by atoms with van der Waals surface area (Å²) in [6.45, 7) is 1.91. The molecule has 6 rings (SSSR count). The van der Waals surface area contributed by atoms with E-state index in [9.17, 15) is 14.4 Å². The Bertz CT molecular complexity index is 1450. The molecule has 1 aliphatic heterocycles. The van der Waals surface area contributed by atoms with E-state index in [4.69, 9.17) is 0 Å². The van der Waals surface area contributed by atoms with Crippen molar-refractivity contribution in [2.24, 2.45) is 5.92 Å². The number of nitrogens with zero attached hydrogens (tertiary/aromatic N) is 4. The fraction of sp³-hybridized carbons (Fsp3) is 0.500.